The summed E-state index contributed by atoms with van der Waals surface area (Å²) >= 11 is 6.17. The van der Waals surface area contributed by atoms with Crippen molar-refractivity contribution in [3.8, 4) is 0 Å². The third-order valence-electron chi connectivity index (χ3n) is 3.29. The van der Waals surface area contributed by atoms with Gasteiger partial charge in [0.1, 0.15) is 16.8 Å². The lowest BCUT2D eigenvalue weighted by Crippen LogP contribution is -2.26. The second-order valence-corrected chi connectivity index (χ2v) is 6.43. The number of rotatable bonds is 1. The van der Waals surface area contributed by atoms with Gasteiger partial charge in [0, 0.05) is 24.1 Å². The van der Waals surface area contributed by atoms with Crippen LogP contribution in [0, 0.1) is 6.92 Å². The molecule has 2 heterocycles. The molecule has 0 saturated carbocycles. The first-order valence-corrected chi connectivity index (χ1v) is 6.73. The molecule has 1 aromatic rings. The molecular weight excluding hydrogens is 266 g/mol. The smallest absolute Gasteiger partial charge is 0.137 e. The van der Waals surface area contributed by atoms with E-state index in [0.29, 0.717) is 29.9 Å². The molecule has 0 aliphatic carbocycles. The van der Waals surface area contributed by atoms with Crippen molar-refractivity contribution in [2.45, 2.75) is 45.3 Å². The van der Waals surface area contributed by atoms with Gasteiger partial charge in [-0.05, 0) is 6.92 Å². The Labute approximate surface area is 118 Å². The lowest BCUT2D eigenvalue weighted by Gasteiger charge is -2.23. The largest absolute Gasteiger partial charge is 0.389 e. The summed E-state index contributed by atoms with van der Waals surface area (Å²) < 4.78 is 0. The molecule has 2 rings (SSSR count). The van der Waals surface area contributed by atoms with E-state index in [9.17, 15) is 10.2 Å². The van der Waals surface area contributed by atoms with Crippen molar-refractivity contribution in [2.24, 2.45) is 0 Å². The third kappa shape index (κ3) is 2.83. The summed E-state index contributed by atoms with van der Waals surface area (Å²) in [4.78, 5) is 10.7. The molecule has 5 nitrogen and oxygen atoms in total. The highest BCUT2D eigenvalue weighted by Gasteiger charge is 2.32. The number of halogens is 1. The van der Waals surface area contributed by atoms with Crippen molar-refractivity contribution in [1.82, 2.24) is 9.97 Å². The molecule has 6 heteroatoms. The SMILES string of the molecule is Cc1c(Cl)nc(C(C)(C)C)nc1N1CC(O)C(O)C1. The number of aliphatic hydroxyl groups excluding tert-OH is 2. The van der Waals surface area contributed by atoms with Gasteiger partial charge in [-0.3, -0.25) is 0 Å². The molecule has 106 valence electrons. The van der Waals surface area contributed by atoms with Crippen molar-refractivity contribution >= 4 is 17.4 Å². The van der Waals surface area contributed by atoms with Crippen molar-refractivity contribution in [3.63, 3.8) is 0 Å². The molecule has 19 heavy (non-hydrogen) atoms. The van der Waals surface area contributed by atoms with Crippen LogP contribution >= 0.6 is 11.6 Å². The molecule has 0 spiro atoms. The molecule has 2 unspecified atom stereocenters. The van der Waals surface area contributed by atoms with Gasteiger partial charge in [-0.1, -0.05) is 32.4 Å². The van der Waals surface area contributed by atoms with Crippen molar-refractivity contribution < 1.29 is 10.2 Å². The Morgan fingerprint density at radius 1 is 1.16 bits per heavy atom. The summed E-state index contributed by atoms with van der Waals surface area (Å²) in [6.07, 6.45) is -1.49. The Morgan fingerprint density at radius 3 is 2.16 bits per heavy atom. The monoisotopic (exact) mass is 285 g/mol. The summed E-state index contributed by atoms with van der Waals surface area (Å²) in [7, 11) is 0. The Bertz CT molecular complexity index is 478. The fourth-order valence-electron chi connectivity index (χ4n) is 2.06. The number of aromatic nitrogens is 2. The number of β-amino-alcohol motifs (C(OH)–C–C–N with tert-alkyl or cyclic N) is 2. The molecule has 0 aromatic carbocycles. The number of nitrogens with zero attached hydrogens (tertiary/aromatic N) is 3. The van der Waals surface area contributed by atoms with Crippen molar-refractivity contribution in [2.75, 3.05) is 18.0 Å². The lowest BCUT2D eigenvalue weighted by molar-refractivity contribution is 0.0572. The lowest BCUT2D eigenvalue weighted by atomic mass is 9.95. The van der Waals surface area contributed by atoms with E-state index >= 15 is 0 Å². The van der Waals surface area contributed by atoms with E-state index in [-0.39, 0.29) is 5.41 Å². The Hall–Kier alpha value is -0.910. The van der Waals surface area contributed by atoms with E-state index < -0.39 is 12.2 Å². The van der Waals surface area contributed by atoms with Crippen LogP contribution in [0.15, 0.2) is 0 Å². The number of hydrogen-bond acceptors (Lipinski definition) is 5. The van der Waals surface area contributed by atoms with E-state index in [4.69, 9.17) is 11.6 Å². The van der Waals surface area contributed by atoms with Crippen LogP contribution in [-0.2, 0) is 5.41 Å². The molecule has 1 aliphatic heterocycles. The van der Waals surface area contributed by atoms with Gasteiger partial charge >= 0.3 is 0 Å². The summed E-state index contributed by atoms with van der Waals surface area (Å²) in [6.45, 7) is 8.63. The molecule has 1 fully saturated rings. The maximum absolute atomic E-state index is 9.65. The van der Waals surface area contributed by atoms with Crippen LogP contribution in [0.5, 0.6) is 0 Å². The second kappa shape index (κ2) is 4.89. The van der Waals surface area contributed by atoms with Gasteiger partial charge < -0.3 is 15.1 Å². The Balaban J connectivity index is 2.43. The molecule has 1 saturated heterocycles. The molecule has 0 radical (unpaired) electrons. The van der Waals surface area contributed by atoms with Crippen LogP contribution in [0.1, 0.15) is 32.2 Å². The van der Waals surface area contributed by atoms with E-state index in [1.165, 1.54) is 0 Å². The zero-order valence-electron chi connectivity index (χ0n) is 11.7. The first kappa shape index (κ1) is 14.5. The molecule has 1 aliphatic rings. The van der Waals surface area contributed by atoms with Crippen molar-refractivity contribution in [3.05, 3.63) is 16.5 Å². The van der Waals surface area contributed by atoms with Crippen LogP contribution in [0.4, 0.5) is 5.82 Å². The standard InChI is InChI=1S/C13H20ClN3O2/c1-7-10(14)15-12(13(2,3)4)16-11(7)17-5-8(18)9(19)6-17/h8-9,18-19H,5-6H2,1-4H3. The van der Waals surface area contributed by atoms with Crippen LogP contribution in [0.3, 0.4) is 0 Å². The van der Waals surface area contributed by atoms with E-state index in [0.717, 1.165) is 5.56 Å². The predicted octanol–water partition coefficient (Wildman–Crippen LogP) is 1.28. The summed E-state index contributed by atoms with van der Waals surface area (Å²) in [5.74, 6) is 1.36. The highest BCUT2D eigenvalue weighted by atomic mass is 35.5. The molecule has 0 bridgehead atoms. The van der Waals surface area contributed by atoms with Gasteiger partial charge in [0.05, 0.1) is 12.2 Å². The zero-order chi connectivity index (χ0) is 14.4. The summed E-state index contributed by atoms with van der Waals surface area (Å²) in [5.41, 5.74) is 0.569. The van der Waals surface area contributed by atoms with Crippen LogP contribution in [0.2, 0.25) is 5.15 Å². The number of hydrogen-bond donors (Lipinski definition) is 2. The average molecular weight is 286 g/mol. The highest BCUT2D eigenvalue weighted by Crippen LogP contribution is 2.30. The molecular formula is C13H20ClN3O2. The maximum atomic E-state index is 9.65. The molecule has 0 amide bonds. The predicted molar refractivity (Wildman–Crippen MR) is 74.7 cm³/mol. The quantitative estimate of drug-likeness (QED) is 0.761. The van der Waals surface area contributed by atoms with Crippen molar-refractivity contribution in [1.29, 1.82) is 0 Å². The van der Waals surface area contributed by atoms with Gasteiger partial charge in [0.25, 0.3) is 0 Å². The molecule has 2 atom stereocenters. The average Bonchev–Trinajstić information content (AvgIpc) is 2.61. The summed E-state index contributed by atoms with van der Waals surface area (Å²) in [6, 6.07) is 0. The van der Waals surface area contributed by atoms with E-state index in [1.807, 2.05) is 32.6 Å². The van der Waals surface area contributed by atoms with Crippen LogP contribution < -0.4 is 4.90 Å². The fourth-order valence-corrected chi connectivity index (χ4v) is 2.23. The fraction of sp³-hybridized carbons (Fsp3) is 0.692. The summed E-state index contributed by atoms with van der Waals surface area (Å²) in [5, 5.41) is 19.7. The molecule has 2 N–H and O–H groups in total. The van der Waals surface area contributed by atoms with E-state index in [2.05, 4.69) is 9.97 Å². The molecule has 1 aromatic heterocycles. The van der Waals surface area contributed by atoms with E-state index in [1.54, 1.807) is 0 Å². The first-order chi connectivity index (χ1) is 8.70. The minimum atomic E-state index is -0.744. The van der Waals surface area contributed by atoms with Gasteiger partial charge in [-0.25, -0.2) is 9.97 Å². The minimum absolute atomic E-state index is 0.205. The number of aliphatic hydroxyl groups is 2. The number of anilines is 1. The highest BCUT2D eigenvalue weighted by molar-refractivity contribution is 6.30. The normalized spacial score (nSPS) is 24.1. The van der Waals surface area contributed by atoms with Crippen LogP contribution in [0.25, 0.3) is 0 Å². The third-order valence-corrected chi connectivity index (χ3v) is 3.66. The maximum Gasteiger partial charge on any atom is 0.137 e. The Morgan fingerprint density at radius 2 is 1.68 bits per heavy atom. The zero-order valence-corrected chi connectivity index (χ0v) is 12.4. The van der Waals surface area contributed by atoms with Crippen LogP contribution in [-0.4, -0.2) is 45.5 Å². The minimum Gasteiger partial charge on any atom is -0.389 e. The van der Waals surface area contributed by atoms with Gasteiger partial charge in [0.15, 0.2) is 0 Å². The van der Waals surface area contributed by atoms with Gasteiger partial charge in [-0.2, -0.15) is 0 Å². The van der Waals surface area contributed by atoms with Gasteiger partial charge in [-0.15, -0.1) is 0 Å². The first-order valence-electron chi connectivity index (χ1n) is 6.36. The van der Waals surface area contributed by atoms with Gasteiger partial charge in [0.2, 0.25) is 0 Å². The topological polar surface area (TPSA) is 69.5 Å². The Kier molecular flexibility index (Phi) is 3.73. The second-order valence-electron chi connectivity index (χ2n) is 6.08.